The van der Waals surface area contributed by atoms with Gasteiger partial charge in [0.05, 0.1) is 18.1 Å². The number of hydrogen-bond acceptors (Lipinski definition) is 4. The lowest BCUT2D eigenvalue weighted by molar-refractivity contribution is -0.0228. The first kappa shape index (κ1) is 16.6. The molecule has 0 N–H and O–H groups in total. The van der Waals surface area contributed by atoms with Gasteiger partial charge in [0.2, 0.25) is 0 Å². The van der Waals surface area contributed by atoms with Crippen molar-refractivity contribution in [3.05, 3.63) is 40.3 Å². The summed E-state index contributed by atoms with van der Waals surface area (Å²) in [4.78, 5) is 27.3. The molecule has 1 atom stereocenters. The second kappa shape index (κ2) is 7.13. The number of hydrogen-bond donors (Lipinski definition) is 0. The molecule has 0 saturated carbocycles. The molecular weight excluding hydrogens is 306 g/mol. The lowest BCUT2D eigenvalue weighted by atomic mass is 10.1. The topological polar surface area (TPSA) is 64.4 Å². The fraction of sp³-hybridized carbons (Fsp3) is 0.500. The van der Waals surface area contributed by atoms with Crippen LogP contribution in [0.2, 0.25) is 0 Å². The quantitative estimate of drug-likeness (QED) is 0.861. The molecule has 1 aliphatic rings. The summed E-state index contributed by atoms with van der Waals surface area (Å²) in [6.45, 7) is 6.20. The summed E-state index contributed by atoms with van der Waals surface area (Å²) in [6.07, 6.45) is 1.72. The van der Waals surface area contributed by atoms with Crippen molar-refractivity contribution in [2.24, 2.45) is 0 Å². The van der Waals surface area contributed by atoms with E-state index in [-0.39, 0.29) is 17.6 Å². The van der Waals surface area contributed by atoms with Crippen LogP contribution < -0.4 is 5.56 Å². The number of aryl methyl sites for hydroxylation is 1. The minimum absolute atomic E-state index is 0.0653. The van der Waals surface area contributed by atoms with E-state index >= 15 is 0 Å². The number of ether oxygens (including phenoxy) is 1. The summed E-state index contributed by atoms with van der Waals surface area (Å²) in [6, 6.07) is 7.20. The van der Waals surface area contributed by atoms with Crippen molar-refractivity contribution in [3.8, 4) is 0 Å². The first-order chi connectivity index (χ1) is 11.7. The van der Waals surface area contributed by atoms with Gasteiger partial charge in [0.15, 0.2) is 5.69 Å². The fourth-order valence-corrected chi connectivity index (χ4v) is 3.06. The summed E-state index contributed by atoms with van der Waals surface area (Å²) >= 11 is 0. The van der Waals surface area contributed by atoms with Crippen molar-refractivity contribution in [1.82, 2.24) is 14.7 Å². The molecule has 0 spiro atoms. The number of carbonyl (C=O) groups excluding carboxylic acids is 1. The SMILES string of the molecule is CCCn1nc(C(=O)N2CCOC(CC)C2)c2ccccc2c1=O. The number of aromatic nitrogens is 2. The van der Waals surface area contributed by atoms with Crippen LogP contribution in [0.25, 0.3) is 10.8 Å². The molecule has 2 aromatic rings. The number of morpholine rings is 1. The Morgan fingerprint density at radius 3 is 2.75 bits per heavy atom. The van der Waals surface area contributed by atoms with Gasteiger partial charge in [0.25, 0.3) is 11.5 Å². The van der Waals surface area contributed by atoms with Crippen LogP contribution in [-0.2, 0) is 11.3 Å². The molecular formula is C18H23N3O3. The van der Waals surface area contributed by atoms with Gasteiger partial charge in [-0.15, -0.1) is 0 Å². The van der Waals surface area contributed by atoms with Crippen molar-refractivity contribution in [1.29, 1.82) is 0 Å². The number of nitrogens with zero attached hydrogens (tertiary/aromatic N) is 3. The largest absolute Gasteiger partial charge is 0.375 e. The third kappa shape index (κ3) is 3.06. The Balaban J connectivity index is 2.06. The Bertz CT molecular complexity index is 800. The minimum atomic E-state index is -0.141. The van der Waals surface area contributed by atoms with Gasteiger partial charge in [-0.25, -0.2) is 4.68 Å². The lowest BCUT2D eigenvalue weighted by Crippen LogP contribution is -2.46. The molecule has 1 saturated heterocycles. The molecule has 0 aliphatic carbocycles. The molecule has 6 nitrogen and oxygen atoms in total. The van der Waals surface area contributed by atoms with E-state index in [0.717, 1.165) is 12.8 Å². The van der Waals surface area contributed by atoms with Crippen LogP contribution in [0.15, 0.2) is 29.1 Å². The van der Waals surface area contributed by atoms with Crippen molar-refractivity contribution >= 4 is 16.7 Å². The number of fused-ring (bicyclic) bond motifs is 1. The second-order valence-corrected chi connectivity index (χ2v) is 6.07. The molecule has 1 amide bonds. The highest BCUT2D eigenvalue weighted by Crippen LogP contribution is 2.17. The summed E-state index contributed by atoms with van der Waals surface area (Å²) < 4.78 is 7.05. The Kier molecular flexibility index (Phi) is 4.94. The van der Waals surface area contributed by atoms with Gasteiger partial charge < -0.3 is 9.64 Å². The zero-order valence-corrected chi connectivity index (χ0v) is 14.2. The molecule has 1 aliphatic heterocycles. The van der Waals surface area contributed by atoms with Crippen LogP contribution in [0.5, 0.6) is 0 Å². The van der Waals surface area contributed by atoms with Crippen LogP contribution in [0.1, 0.15) is 37.2 Å². The van der Waals surface area contributed by atoms with E-state index in [1.165, 1.54) is 4.68 Å². The van der Waals surface area contributed by atoms with Gasteiger partial charge in [-0.05, 0) is 18.9 Å². The van der Waals surface area contributed by atoms with Crippen LogP contribution in [0.4, 0.5) is 0 Å². The number of amides is 1. The van der Waals surface area contributed by atoms with Crippen molar-refractivity contribution < 1.29 is 9.53 Å². The highest BCUT2D eigenvalue weighted by atomic mass is 16.5. The molecule has 1 aromatic heterocycles. The van der Waals surface area contributed by atoms with Crippen molar-refractivity contribution in [3.63, 3.8) is 0 Å². The van der Waals surface area contributed by atoms with E-state index < -0.39 is 0 Å². The molecule has 2 heterocycles. The Morgan fingerprint density at radius 2 is 2.04 bits per heavy atom. The standard InChI is InChI=1S/C18H23N3O3/c1-3-9-21-17(22)15-8-6-5-7-14(15)16(19-21)18(23)20-10-11-24-13(4-2)12-20/h5-8,13H,3-4,9-12H2,1-2H3. The first-order valence-electron chi connectivity index (χ1n) is 8.56. The average molecular weight is 329 g/mol. The average Bonchev–Trinajstić information content (AvgIpc) is 2.63. The van der Waals surface area contributed by atoms with E-state index in [4.69, 9.17) is 4.74 Å². The normalized spacial score (nSPS) is 18.1. The zero-order valence-electron chi connectivity index (χ0n) is 14.2. The molecule has 24 heavy (non-hydrogen) atoms. The van der Waals surface area contributed by atoms with Gasteiger partial charge in [-0.2, -0.15) is 5.10 Å². The summed E-state index contributed by atoms with van der Waals surface area (Å²) in [5, 5.41) is 5.56. The van der Waals surface area contributed by atoms with Crippen LogP contribution in [0.3, 0.4) is 0 Å². The first-order valence-corrected chi connectivity index (χ1v) is 8.56. The predicted molar refractivity (Wildman–Crippen MR) is 92.2 cm³/mol. The molecule has 3 rings (SSSR count). The van der Waals surface area contributed by atoms with E-state index in [0.29, 0.717) is 42.7 Å². The van der Waals surface area contributed by atoms with E-state index in [9.17, 15) is 9.59 Å². The van der Waals surface area contributed by atoms with Gasteiger partial charge >= 0.3 is 0 Å². The maximum atomic E-state index is 13.0. The van der Waals surface area contributed by atoms with E-state index in [2.05, 4.69) is 5.10 Å². The third-order valence-corrected chi connectivity index (χ3v) is 4.39. The third-order valence-electron chi connectivity index (χ3n) is 4.39. The van der Waals surface area contributed by atoms with Gasteiger partial charge in [-0.1, -0.05) is 32.0 Å². The van der Waals surface area contributed by atoms with Crippen molar-refractivity contribution in [2.45, 2.75) is 39.3 Å². The van der Waals surface area contributed by atoms with E-state index in [1.807, 2.05) is 26.0 Å². The van der Waals surface area contributed by atoms with E-state index in [1.54, 1.807) is 17.0 Å². The smallest absolute Gasteiger partial charge is 0.275 e. The van der Waals surface area contributed by atoms with Gasteiger partial charge in [0.1, 0.15) is 0 Å². The minimum Gasteiger partial charge on any atom is -0.375 e. The van der Waals surface area contributed by atoms with Crippen molar-refractivity contribution in [2.75, 3.05) is 19.7 Å². The molecule has 0 bridgehead atoms. The Morgan fingerprint density at radius 1 is 1.29 bits per heavy atom. The zero-order chi connectivity index (χ0) is 17.1. The Labute approximate surface area is 141 Å². The summed E-state index contributed by atoms with van der Waals surface area (Å²) in [5.41, 5.74) is 0.216. The maximum Gasteiger partial charge on any atom is 0.275 e. The predicted octanol–water partition coefficient (Wildman–Crippen LogP) is 2.06. The molecule has 1 fully saturated rings. The summed E-state index contributed by atoms with van der Waals surface area (Å²) in [5.74, 6) is -0.127. The lowest BCUT2D eigenvalue weighted by Gasteiger charge is -2.32. The van der Waals surface area contributed by atoms with Crippen LogP contribution in [-0.4, -0.2) is 46.4 Å². The monoisotopic (exact) mass is 329 g/mol. The summed E-state index contributed by atoms with van der Waals surface area (Å²) in [7, 11) is 0. The second-order valence-electron chi connectivity index (χ2n) is 6.07. The van der Waals surface area contributed by atoms with Crippen LogP contribution in [0, 0.1) is 0 Å². The van der Waals surface area contributed by atoms with Crippen LogP contribution >= 0.6 is 0 Å². The molecule has 0 radical (unpaired) electrons. The fourth-order valence-electron chi connectivity index (χ4n) is 3.06. The number of rotatable bonds is 4. The highest BCUT2D eigenvalue weighted by molar-refractivity contribution is 6.04. The highest BCUT2D eigenvalue weighted by Gasteiger charge is 2.27. The van der Waals surface area contributed by atoms with Gasteiger partial charge in [-0.3, -0.25) is 9.59 Å². The molecule has 128 valence electrons. The molecule has 1 aromatic carbocycles. The molecule has 1 unspecified atom stereocenters. The Hall–Kier alpha value is -2.21. The van der Waals surface area contributed by atoms with Gasteiger partial charge in [0, 0.05) is 25.0 Å². The number of benzene rings is 1. The maximum absolute atomic E-state index is 13.0. The number of carbonyl (C=O) groups is 1. The molecule has 6 heteroatoms.